The van der Waals surface area contributed by atoms with E-state index in [1.807, 2.05) is 18.2 Å². The lowest BCUT2D eigenvalue weighted by Crippen LogP contribution is -2.38. The minimum absolute atomic E-state index is 0.160. The predicted octanol–water partition coefficient (Wildman–Crippen LogP) is 2.95. The van der Waals surface area contributed by atoms with Gasteiger partial charge in [0.15, 0.2) is 0 Å². The number of hydrogen-bond donors (Lipinski definition) is 1. The highest BCUT2D eigenvalue weighted by Gasteiger charge is 2.18. The van der Waals surface area contributed by atoms with Gasteiger partial charge in [0.25, 0.3) is 5.91 Å². The third kappa shape index (κ3) is 4.85. The molecule has 0 saturated carbocycles. The van der Waals surface area contributed by atoms with Gasteiger partial charge >= 0.3 is 0 Å². The van der Waals surface area contributed by atoms with Gasteiger partial charge in [0.05, 0.1) is 6.54 Å². The Labute approximate surface area is 162 Å². The molecule has 1 heterocycles. The Morgan fingerprint density at radius 3 is 2.39 bits per heavy atom. The van der Waals surface area contributed by atoms with Gasteiger partial charge in [0, 0.05) is 44.0 Å². The van der Waals surface area contributed by atoms with Crippen LogP contribution in [0.5, 0.6) is 0 Å². The largest absolute Gasteiger partial charge is 0.371 e. The number of hydrogen-bond acceptors (Lipinski definition) is 3. The van der Waals surface area contributed by atoms with E-state index in [4.69, 9.17) is 0 Å². The van der Waals surface area contributed by atoms with Crippen LogP contribution in [-0.4, -0.2) is 43.4 Å². The zero-order valence-corrected chi connectivity index (χ0v) is 15.8. The summed E-state index contributed by atoms with van der Waals surface area (Å²) < 4.78 is 26.4. The molecule has 2 aromatic carbocycles. The smallest absolute Gasteiger partial charge is 0.251 e. The molecule has 5 nitrogen and oxygen atoms in total. The molecule has 2 amide bonds. The van der Waals surface area contributed by atoms with Gasteiger partial charge in [-0.15, -0.1) is 0 Å². The minimum atomic E-state index is -0.841. The summed E-state index contributed by atoms with van der Waals surface area (Å²) >= 11 is 0. The molecule has 0 spiro atoms. The summed E-state index contributed by atoms with van der Waals surface area (Å²) in [4.78, 5) is 28.3. The molecule has 3 rings (SSSR count). The number of benzene rings is 2. The lowest BCUT2D eigenvalue weighted by atomic mass is 10.1. The number of rotatable bonds is 6. The average molecular weight is 387 g/mol. The van der Waals surface area contributed by atoms with Crippen molar-refractivity contribution in [3.8, 4) is 0 Å². The van der Waals surface area contributed by atoms with Crippen molar-refractivity contribution in [2.75, 3.05) is 31.6 Å². The Bertz CT molecular complexity index is 846. The molecule has 0 bridgehead atoms. The number of anilines is 1. The molecule has 0 unspecified atom stereocenters. The SMILES string of the molecule is CN(Cc1ccccc1N1CCCC1)C(=O)CNC(=O)c1cc(F)cc(F)c1. The third-order valence-electron chi connectivity index (χ3n) is 4.80. The minimum Gasteiger partial charge on any atom is -0.371 e. The van der Waals surface area contributed by atoms with Crippen molar-refractivity contribution in [3.05, 3.63) is 65.2 Å². The highest BCUT2D eigenvalue weighted by Crippen LogP contribution is 2.25. The highest BCUT2D eigenvalue weighted by atomic mass is 19.1. The molecule has 148 valence electrons. The standard InChI is InChI=1S/C21H23F2N3O2/c1-25(14-15-6-2-3-7-19(15)26-8-4-5-9-26)20(27)13-24-21(28)16-10-17(22)12-18(23)11-16/h2-3,6-7,10-12H,4-5,8-9,13-14H2,1H3,(H,24,28). The van der Waals surface area contributed by atoms with Gasteiger partial charge in [-0.25, -0.2) is 8.78 Å². The van der Waals surface area contributed by atoms with E-state index in [0.29, 0.717) is 12.6 Å². The number of likely N-dealkylation sites (N-methyl/N-ethyl adjacent to an activating group) is 1. The molecule has 1 aliphatic heterocycles. The summed E-state index contributed by atoms with van der Waals surface area (Å²) in [5.74, 6) is -2.67. The van der Waals surface area contributed by atoms with Crippen LogP contribution < -0.4 is 10.2 Å². The van der Waals surface area contributed by atoms with Crippen LogP contribution in [0.1, 0.15) is 28.8 Å². The van der Waals surface area contributed by atoms with Gasteiger partial charge in [0.1, 0.15) is 11.6 Å². The molecule has 0 aliphatic carbocycles. The maximum Gasteiger partial charge on any atom is 0.251 e. The number of carbonyl (C=O) groups excluding carboxylic acids is 2. The van der Waals surface area contributed by atoms with E-state index in [-0.39, 0.29) is 18.0 Å². The van der Waals surface area contributed by atoms with E-state index < -0.39 is 17.5 Å². The molecule has 1 saturated heterocycles. The van der Waals surface area contributed by atoms with E-state index in [1.165, 1.54) is 4.90 Å². The lowest BCUT2D eigenvalue weighted by molar-refractivity contribution is -0.129. The first-order valence-electron chi connectivity index (χ1n) is 9.25. The summed E-state index contributed by atoms with van der Waals surface area (Å²) in [6, 6.07) is 10.5. The van der Waals surface area contributed by atoms with Gasteiger partial charge < -0.3 is 15.1 Å². The van der Waals surface area contributed by atoms with Crippen molar-refractivity contribution in [2.24, 2.45) is 0 Å². The molecule has 0 aromatic heterocycles. The number of carbonyl (C=O) groups is 2. The summed E-state index contributed by atoms with van der Waals surface area (Å²) in [7, 11) is 1.66. The number of nitrogens with one attached hydrogen (secondary N) is 1. The molecule has 1 aliphatic rings. The van der Waals surface area contributed by atoms with Crippen molar-refractivity contribution in [2.45, 2.75) is 19.4 Å². The number of halogens is 2. The zero-order valence-electron chi connectivity index (χ0n) is 15.8. The summed E-state index contributed by atoms with van der Waals surface area (Å²) in [6.07, 6.45) is 2.33. The second kappa shape index (κ2) is 8.82. The summed E-state index contributed by atoms with van der Waals surface area (Å²) in [5, 5.41) is 2.42. The van der Waals surface area contributed by atoms with Crippen molar-refractivity contribution in [3.63, 3.8) is 0 Å². The zero-order chi connectivity index (χ0) is 20.1. The molecule has 1 N–H and O–H groups in total. The normalized spacial score (nSPS) is 13.5. The van der Waals surface area contributed by atoms with Crippen molar-refractivity contribution in [1.82, 2.24) is 10.2 Å². The van der Waals surface area contributed by atoms with Crippen molar-refractivity contribution >= 4 is 17.5 Å². The highest BCUT2D eigenvalue weighted by molar-refractivity contribution is 5.96. The van der Waals surface area contributed by atoms with Gasteiger partial charge in [-0.3, -0.25) is 9.59 Å². The number of nitrogens with zero attached hydrogens (tertiary/aromatic N) is 2. The maximum absolute atomic E-state index is 13.2. The number of amides is 2. The average Bonchev–Trinajstić information content (AvgIpc) is 3.20. The summed E-state index contributed by atoms with van der Waals surface area (Å²) in [5.41, 5.74) is 2.00. The van der Waals surface area contributed by atoms with Crippen LogP contribution >= 0.6 is 0 Å². The fraction of sp³-hybridized carbons (Fsp3) is 0.333. The molecule has 1 fully saturated rings. The van der Waals surface area contributed by atoms with E-state index >= 15 is 0 Å². The molecular weight excluding hydrogens is 364 g/mol. The Morgan fingerprint density at radius 1 is 1.07 bits per heavy atom. The molecule has 7 heteroatoms. The first-order valence-corrected chi connectivity index (χ1v) is 9.25. The van der Waals surface area contributed by atoms with E-state index in [0.717, 1.165) is 49.3 Å². The Kier molecular flexibility index (Phi) is 6.23. The first kappa shape index (κ1) is 19.8. The quantitative estimate of drug-likeness (QED) is 0.829. The predicted molar refractivity (Wildman–Crippen MR) is 103 cm³/mol. The second-order valence-corrected chi connectivity index (χ2v) is 6.91. The second-order valence-electron chi connectivity index (χ2n) is 6.91. The molecule has 2 aromatic rings. The molecule has 28 heavy (non-hydrogen) atoms. The van der Waals surface area contributed by atoms with Crippen molar-refractivity contribution < 1.29 is 18.4 Å². The molecular formula is C21H23F2N3O2. The van der Waals surface area contributed by atoms with Crippen LogP contribution in [0.15, 0.2) is 42.5 Å². The van der Waals surface area contributed by atoms with Crippen LogP contribution in [0.2, 0.25) is 0 Å². The van der Waals surface area contributed by atoms with Crippen LogP contribution in [0.3, 0.4) is 0 Å². The summed E-state index contributed by atoms with van der Waals surface area (Å²) in [6.45, 7) is 2.18. The lowest BCUT2D eigenvalue weighted by Gasteiger charge is -2.24. The van der Waals surface area contributed by atoms with E-state index in [9.17, 15) is 18.4 Å². The van der Waals surface area contributed by atoms with Crippen molar-refractivity contribution in [1.29, 1.82) is 0 Å². The van der Waals surface area contributed by atoms with Crippen LogP contribution in [-0.2, 0) is 11.3 Å². The maximum atomic E-state index is 13.2. The Hall–Kier alpha value is -2.96. The topological polar surface area (TPSA) is 52.6 Å². The van der Waals surface area contributed by atoms with Gasteiger partial charge in [0.2, 0.25) is 5.91 Å². The fourth-order valence-corrected chi connectivity index (χ4v) is 3.33. The van der Waals surface area contributed by atoms with Crippen LogP contribution in [0, 0.1) is 11.6 Å². The Balaban J connectivity index is 1.58. The Morgan fingerprint density at radius 2 is 1.71 bits per heavy atom. The van der Waals surface area contributed by atoms with Gasteiger partial charge in [-0.05, 0) is 36.6 Å². The van der Waals surface area contributed by atoms with Crippen LogP contribution in [0.4, 0.5) is 14.5 Å². The van der Waals surface area contributed by atoms with Gasteiger partial charge in [-0.2, -0.15) is 0 Å². The van der Waals surface area contributed by atoms with E-state index in [2.05, 4.69) is 16.3 Å². The molecule has 0 atom stereocenters. The fourth-order valence-electron chi connectivity index (χ4n) is 3.33. The monoisotopic (exact) mass is 387 g/mol. The van der Waals surface area contributed by atoms with E-state index in [1.54, 1.807) is 7.05 Å². The van der Waals surface area contributed by atoms with Gasteiger partial charge in [-0.1, -0.05) is 18.2 Å². The third-order valence-corrected chi connectivity index (χ3v) is 4.80. The number of para-hydroxylation sites is 1. The van der Waals surface area contributed by atoms with Crippen LogP contribution in [0.25, 0.3) is 0 Å². The molecule has 0 radical (unpaired) electrons. The first-order chi connectivity index (χ1) is 13.4.